The number of nitrogens with one attached hydrogen (secondary N) is 1. The van der Waals surface area contributed by atoms with Crippen molar-refractivity contribution >= 4 is 40.6 Å². The summed E-state index contributed by atoms with van der Waals surface area (Å²) in [6.45, 7) is 1.93. The van der Waals surface area contributed by atoms with Crippen molar-refractivity contribution in [3.8, 4) is 16.9 Å². The van der Waals surface area contributed by atoms with Crippen LogP contribution in [0.4, 0.5) is 5.69 Å². The Hall–Kier alpha value is -3.03. The molecule has 4 aromatic rings. The number of thioether (sulfide) groups is 1. The molecule has 0 saturated heterocycles. The molecule has 0 aliphatic heterocycles. The molecule has 0 radical (unpaired) electrons. The van der Waals surface area contributed by atoms with Crippen LogP contribution >= 0.6 is 23.4 Å². The zero-order chi connectivity index (χ0) is 21.1. The highest BCUT2D eigenvalue weighted by Crippen LogP contribution is 2.29. The number of carbonyl (C=O) groups excluding carboxylic acids is 1. The van der Waals surface area contributed by atoms with Crippen LogP contribution in [0.3, 0.4) is 0 Å². The van der Waals surface area contributed by atoms with E-state index in [9.17, 15) is 4.79 Å². The summed E-state index contributed by atoms with van der Waals surface area (Å²) in [5.41, 5.74) is 4.11. The van der Waals surface area contributed by atoms with E-state index in [-0.39, 0.29) is 11.7 Å². The molecule has 0 aliphatic rings. The molecular formula is C22H19ClN4O2S. The number of aryl methyl sites for hydroxylation is 1. The molecule has 4 rings (SSSR count). The monoisotopic (exact) mass is 438 g/mol. The Bertz CT molecular complexity index is 1210. The van der Waals surface area contributed by atoms with Crippen molar-refractivity contribution in [2.75, 3.05) is 18.2 Å². The average Bonchev–Trinajstić information content (AvgIpc) is 3.17. The third-order valence-electron chi connectivity index (χ3n) is 4.47. The molecule has 2 heterocycles. The third kappa shape index (κ3) is 4.27. The molecule has 0 fully saturated rings. The van der Waals surface area contributed by atoms with Gasteiger partial charge in [0.15, 0.2) is 5.65 Å². The van der Waals surface area contributed by atoms with Gasteiger partial charge in [0, 0.05) is 11.3 Å². The van der Waals surface area contributed by atoms with E-state index < -0.39 is 0 Å². The molecule has 0 aliphatic carbocycles. The lowest BCUT2D eigenvalue weighted by Crippen LogP contribution is -2.14. The van der Waals surface area contributed by atoms with Crippen LogP contribution < -0.4 is 10.1 Å². The van der Waals surface area contributed by atoms with E-state index in [1.54, 1.807) is 30.0 Å². The van der Waals surface area contributed by atoms with Gasteiger partial charge in [0.05, 0.1) is 29.8 Å². The molecule has 0 unspecified atom stereocenters. The van der Waals surface area contributed by atoms with Crippen LogP contribution in [0.25, 0.3) is 16.8 Å². The molecule has 0 spiro atoms. The summed E-state index contributed by atoms with van der Waals surface area (Å²) >= 11 is 7.51. The molecular weight excluding hydrogens is 420 g/mol. The van der Waals surface area contributed by atoms with E-state index in [4.69, 9.17) is 16.3 Å². The summed E-state index contributed by atoms with van der Waals surface area (Å²) in [6.07, 6.45) is 1.79. The number of hydrogen-bond acceptors (Lipinski definition) is 5. The second-order valence-electron chi connectivity index (χ2n) is 6.57. The van der Waals surface area contributed by atoms with Gasteiger partial charge in [0.25, 0.3) is 0 Å². The lowest BCUT2D eigenvalue weighted by molar-refractivity contribution is -0.113. The number of para-hydroxylation sites is 1. The number of hydrogen-bond donors (Lipinski definition) is 1. The molecule has 0 atom stereocenters. The fraction of sp³-hybridized carbons (Fsp3) is 0.136. The first kappa shape index (κ1) is 20.3. The van der Waals surface area contributed by atoms with Gasteiger partial charge < -0.3 is 10.1 Å². The van der Waals surface area contributed by atoms with Gasteiger partial charge in [-0.3, -0.25) is 4.79 Å². The number of carbonyl (C=O) groups is 1. The van der Waals surface area contributed by atoms with E-state index in [1.165, 1.54) is 11.8 Å². The number of nitrogens with zero attached hydrogens (tertiary/aromatic N) is 3. The highest BCUT2D eigenvalue weighted by Gasteiger charge is 2.14. The molecule has 2 aromatic heterocycles. The second kappa shape index (κ2) is 8.77. The first-order valence-corrected chi connectivity index (χ1v) is 10.6. The van der Waals surface area contributed by atoms with Crippen LogP contribution in [0.15, 0.2) is 65.8 Å². The quantitative estimate of drug-likeness (QED) is 0.335. The van der Waals surface area contributed by atoms with Crippen LogP contribution in [0.1, 0.15) is 5.69 Å². The number of fused-ring (bicyclic) bond motifs is 1. The van der Waals surface area contributed by atoms with Gasteiger partial charge in [0.1, 0.15) is 10.8 Å². The zero-order valence-electron chi connectivity index (χ0n) is 16.4. The van der Waals surface area contributed by atoms with E-state index >= 15 is 0 Å². The van der Waals surface area contributed by atoms with Gasteiger partial charge in [-0.15, -0.1) is 0 Å². The van der Waals surface area contributed by atoms with E-state index in [2.05, 4.69) is 15.4 Å². The Labute approximate surface area is 183 Å². The molecule has 152 valence electrons. The number of benzene rings is 2. The van der Waals surface area contributed by atoms with Crippen molar-refractivity contribution in [2.24, 2.45) is 0 Å². The Morgan fingerprint density at radius 2 is 1.97 bits per heavy atom. The highest BCUT2D eigenvalue weighted by atomic mass is 35.5. The van der Waals surface area contributed by atoms with Gasteiger partial charge in [-0.05, 0) is 42.8 Å². The molecule has 0 saturated carbocycles. The summed E-state index contributed by atoms with van der Waals surface area (Å²) in [7, 11) is 1.64. The third-order valence-corrected chi connectivity index (χ3v) is 5.79. The van der Waals surface area contributed by atoms with Crippen LogP contribution in [-0.2, 0) is 4.79 Å². The van der Waals surface area contributed by atoms with Gasteiger partial charge in [-0.25, -0.2) is 9.50 Å². The minimum Gasteiger partial charge on any atom is -0.497 e. The van der Waals surface area contributed by atoms with Gasteiger partial charge in [-0.2, -0.15) is 5.10 Å². The fourth-order valence-corrected chi connectivity index (χ4v) is 4.06. The number of aromatic nitrogens is 3. The van der Waals surface area contributed by atoms with Crippen molar-refractivity contribution < 1.29 is 9.53 Å². The number of anilines is 1. The van der Waals surface area contributed by atoms with Crippen LogP contribution in [0.5, 0.6) is 5.75 Å². The predicted molar refractivity (Wildman–Crippen MR) is 121 cm³/mol. The average molecular weight is 439 g/mol. The van der Waals surface area contributed by atoms with Crippen molar-refractivity contribution in [3.05, 3.63) is 71.5 Å². The summed E-state index contributed by atoms with van der Waals surface area (Å²) in [4.78, 5) is 17.1. The van der Waals surface area contributed by atoms with Gasteiger partial charge in [0.2, 0.25) is 5.91 Å². The smallest absolute Gasteiger partial charge is 0.234 e. The number of amides is 1. The molecule has 6 nitrogen and oxygen atoms in total. The summed E-state index contributed by atoms with van der Waals surface area (Å²) in [5, 5.41) is 8.69. The van der Waals surface area contributed by atoms with Crippen LogP contribution in [0.2, 0.25) is 5.02 Å². The molecule has 2 aromatic carbocycles. The minimum absolute atomic E-state index is 0.141. The van der Waals surface area contributed by atoms with Crippen LogP contribution in [0, 0.1) is 6.92 Å². The maximum absolute atomic E-state index is 12.4. The number of halogens is 1. The second-order valence-corrected chi connectivity index (χ2v) is 7.98. The van der Waals surface area contributed by atoms with E-state index in [0.29, 0.717) is 10.7 Å². The lowest BCUT2D eigenvalue weighted by atomic mass is 10.1. The topological polar surface area (TPSA) is 68.5 Å². The molecule has 1 N–H and O–H groups in total. The predicted octanol–water partition coefficient (Wildman–Crippen LogP) is 5.10. The lowest BCUT2D eigenvalue weighted by Gasteiger charge is -2.09. The number of rotatable bonds is 6. The first-order chi connectivity index (χ1) is 14.5. The molecule has 0 bridgehead atoms. The molecule has 30 heavy (non-hydrogen) atoms. The maximum atomic E-state index is 12.4. The number of methoxy groups -OCH3 is 1. The van der Waals surface area contributed by atoms with Crippen LogP contribution in [-0.4, -0.2) is 33.4 Å². The Kier molecular flexibility index (Phi) is 5.92. The standard InChI is InChI=1S/C22H19ClN4O2S/c1-14-11-21(30-13-20(28)26-19-6-4-3-5-18(19)23)27-22(25-14)17(12-24-27)15-7-9-16(29-2)10-8-15/h3-12H,13H2,1-2H3,(H,26,28). The number of ether oxygens (including phenoxy) is 1. The highest BCUT2D eigenvalue weighted by molar-refractivity contribution is 7.99. The van der Waals surface area contributed by atoms with Crippen molar-refractivity contribution in [1.29, 1.82) is 0 Å². The van der Waals surface area contributed by atoms with Gasteiger partial charge >= 0.3 is 0 Å². The fourth-order valence-electron chi connectivity index (χ4n) is 3.02. The molecule has 8 heteroatoms. The Balaban J connectivity index is 1.56. The summed E-state index contributed by atoms with van der Waals surface area (Å²) in [5.74, 6) is 0.875. The normalized spacial score (nSPS) is 10.9. The zero-order valence-corrected chi connectivity index (χ0v) is 18.0. The largest absolute Gasteiger partial charge is 0.497 e. The Morgan fingerprint density at radius 3 is 2.70 bits per heavy atom. The van der Waals surface area contributed by atoms with E-state index in [1.807, 2.05) is 49.4 Å². The van der Waals surface area contributed by atoms with Crippen molar-refractivity contribution in [2.45, 2.75) is 11.9 Å². The summed E-state index contributed by atoms with van der Waals surface area (Å²) < 4.78 is 6.99. The van der Waals surface area contributed by atoms with Gasteiger partial charge in [-0.1, -0.05) is 47.6 Å². The first-order valence-electron chi connectivity index (χ1n) is 9.22. The summed E-state index contributed by atoms with van der Waals surface area (Å²) in [6, 6.07) is 16.8. The van der Waals surface area contributed by atoms with E-state index in [0.717, 1.165) is 33.2 Å². The minimum atomic E-state index is -0.141. The molecule has 1 amide bonds. The maximum Gasteiger partial charge on any atom is 0.234 e. The Morgan fingerprint density at radius 1 is 1.20 bits per heavy atom. The van der Waals surface area contributed by atoms with Crippen molar-refractivity contribution in [1.82, 2.24) is 14.6 Å². The van der Waals surface area contributed by atoms with Crippen molar-refractivity contribution in [3.63, 3.8) is 0 Å². The SMILES string of the molecule is COc1ccc(-c2cnn3c(SCC(=O)Nc4ccccc4Cl)cc(C)nc23)cc1.